The van der Waals surface area contributed by atoms with Gasteiger partial charge in [0.2, 0.25) is 0 Å². The quantitative estimate of drug-likeness (QED) is 0.0980. The first-order chi connectivity index (χ1) is 19.7. The minimum atomic E-state index is -0.382. The first kappa shape index (κ1) is 33.8. The molecule has 0 saturated heterocycles. The molecule has 2 aromatic carbocycles. The Morgan fingerprint density at radius 3 is 1.82 bits per heavy atom. The molecule has 0 heterocycles. The van der Waals surface area contributed by atoms with Crippen LogP contribution in [0.4, 0.5) is 0 Å². The Kier molecular flexibility index (Phi) is 19.6. The minimum absolute atomic E-state index is 0.341. The van der Waals surface area contributed by atoms with Crippen LogP contribution in [-0.4, -0.2) is 65.9 Å². The summed E-state index contributed by atoms with van der Waals surface area (Å²) in [5, 5.41) is 0. The molecular formula is C33H50O7. The number of carbonyl (C=O) groups excluding carboxylic acids is 1. The van der Waals surface area contributed by atoms with Gasteiger partial charge in [-0.3, -0.25) is 0 Å². The largest absolute Gasteiger partial charge is 0.490 e. The molecule has 0 amide bonds. The summed E-state index contributed by atoms with van der Waals surface area (Å²) in [7, 11) is 1.39. The maximum atomic E-state index is 12.3. The van der Waals surface area contributed by atoms with Crippen LogP contribution in [0.15, 0.2) is 48.5 Å². The van der Waals surface area contributed by atoms with E-state index in [1.807, 2.05) is 48.5 Å². The number of hydrogen-bond acceptors (Lipinski definition) is 7. The van der Waals surface area contributed by atoms with Crippen molar-refractivity contribution in [2.45, 2.75) is 71.3 Å². The van der Waals surface area contributed by atoms with E-state index in [-0.39, 0.29) is 5.97 Å². The number of aryl methyl sites for hydroxylation is 1. The molecular weight excluding hydrogens is 508 g/mol. The van der Waals surface area contributed by atoms with Gasteiger partial charge in [-0.15, -0.1) is 0 Å². The molecule has 0 aromatic heterocycles. The Bertz CT molecular complexity index is 888. The van der Waals surface area contributed by atoms with Crippen molar-refractivity contribution in [3.05, 3.63) is 65.2 Å². The van der Waals surface area contributed by atoms with Crippen molar-refractivity contribution in [2.75, 3.05) is 60.0 Å². The molecule has 0 aliphatic rings. The third kappa shape index (κ3) is 16.0. The van der Waals surface area contributed by atoms with Gasteiger partial charge in [-0.2, -0.15) is 0 Å². The van der Waals surface area contributed by atoms with Crippen molar-refractivity contribution < 1.29 is 33.2 Å². The molecule has 0 spiro atoms. The van der Waals surface area contributed by atoms with Gasteiger partial charge in [0.05, 0.1) is 60.0 Å². The summed E-state index contributed by atoms with van der Waals surface area (Å²) >= 11 is 0. The lowest BCUT2D eigenvalue weighted by molar-refractivity contribution is -0.00663. The van der Waals surface area contributed by atoms with Crippen LogP contribution in [0, 0.1) is 0 Å². The zero-order valence-electron chi connectivity index (χ0n) is 24.7. The first-order valence-corrected chi connectivity index (χ1v) is 14.9. The van der Waals surface area contributed by atoms with Crippen LogP contribution in [-0.2, 0) is 36.7 Å². The first-order valence-electron chi connectivity index (χ1n) is 14.9. The van der Waals surface area contributed by atoms with Gasteiger partial charge in [-0.25, -0.2) is 4.79 Å². The smallest absolute Gasteiger partial charge is 0.341 e. The molecule has 0 fully saturated rings. The zero-order valence-corrected chi connectivity index (χ0v) is 24.7. The van der Waals surface area contributed by atoms with Crippen LogP contribution in [0.3, 0.4) is 0 Å². The molecule has 0 bridgehead atoms. The van der Waals surface area contributed by atoms with Crippen molar-refractivity contribution in [2.24, 2.45) is 0 Å². The molecule has 0 radical (unpaired) electrons. The molecule has 2 rings (SSSR count). The third-order valence-corrected chi connectivity index (χ3v) is 6.48. The van der Waals surface area contributed by atoms with Gasteiger partial charge in [-0.1, -0.05) is 88.3 Å². The van der Waals surface area contributed by atoms with Crippen LogP contribution in [0.25, 0.3) is 0 Å². The van der Waals surface area contributed by atoms with E-state index in [0.717, 1.165) is 24.0 Å². The molecule has 2 aromatic rings. The maximum Gasteiger partial charge on any atom is 0.341 e. The summed E-state index contributed by atoms with van der Waals surface area (Å²) < 4.78 is 33.0. The Labute approximate surface area is 241 Å². The Balaban J connectivity index is 1.49. The van der Waals surface area contributed by atoms with Gasteiger partial charge in [0, 0.05) is 0 Å². The lowest BCUT2D eigenvalue weighted by atomic mass is 10.0. The number of rotatable bonds is 25. The van der Waals surface area contributed by atoms with Crippen molar-refractivity contribution in [3.8, 4) is 5.75 Å². The lowest BCUT2D eigenvalue weighted by Crippen LogP contribution is -2.14. The van der Waals surface area contributed by atoms with Gasteiger partial charge in [0.1, 0.15) is 17.9 Å². The fraction of sp³-hybridized carbons (Fsp3) is 0.606. The summed E-state index contributed by atoms with van der Waals surface area (Å²) in [6.07, 6.45) is 11.2. The summed E-state index contributed by atoms with van der Waals surface area (Å²) in [4.78, 5) is 12.3. The second-order valence-corrected chi connectivity index (χ2v) is 9.77. The second-order valence-electron chi connectivity index (χ2n) is 9.77. The molecule has 0 unspecified atom stereocenters. The molecule has 0 aliphatic carbocycles. The topological polar surface area (TPSA) is 72.5 Å². The number of carbonyl (C=O) groups is 1. The monoisotopic (exact) mass is 558 g/mol. The molecule has 0 saturated carbocycles. The van der Waals surface area contributed by atoms with Crippen molar-refractivity contribution >= 4 is 5.97 Å². The number of hydrogen-bond donors (Lipinski definition) is 0. The van der Waals surface area contributed by atoms with E-state index in [1.165, 1.54) is 52.1 Å². The fourth-order valence-corrected chi connectivity index (χ4v) is 4.23. The Morgan fingerprint density at radius 2 is 1.20 bits per heavy atom. The zero-order chi connectivity index (χ0) is 28.5. The SMILES string of the molecule is CCCCCCCCCCc1ccc(OCCOCCOCCOCCOCc2ccccc2)c(C(=O)OC)c1. The van der Waals surface area contributed by atoms with E-state index in [9.17, 15) is 4.79 Å². The van der Waals surface area contributed by atoms with Gasteiger partial charge in [-0.05, 0) is 36.1 Å². The highest BCUT2D eigenvalue weighted by atomic mass is 16.6. The highest BCUT2D eigenvalue weighted by Crippen LogP contribution is 2.23. The van der Waals surface area contributed by atoms with E-state index in [0.29, 0.717) is 70.8 Å². The van der Waals surface area contributed by atoms with E-state index in [4.69, 9.17) is 28.4 Å². The Morgan fingerprint density at radius 1 is 0.625 bits per heavy atom. The van der Waals surface area contributed by atoms with Crippen molar-refractivity contribution in [3.63, 3.8) is 0 Å². The summed E-state index contributed by atoms with van der Waals surface area (Å²) in [5.74, 6) is 0.142. The van der Waals surface area contributed by atoms with E-state index in [2.05, 4.69) is 6.92 Å². The Hall–Kier alpha value is -2.45. The van der Waals surface area contributed by atoms with Crippen LogP contribution in [0.5, 0.6) is 5.75 Å². The summed E-state index contributed by atoms with van der Waals surface area (Å²) in [6.45, 7) is 6.64. The van der Waals surface area contributed by atoms with Gasteiger partial charge >= 0.3 is 5.97 Å². The number of esters is 1. The normalized spacial score (nSPS) is 11.1. The van der Waals surface area contributed by atoms with Crippen LogP contribution < -0.4 is 4.74 Å². The average molecular weight is 559 g/mol. The molecule has 0 aliphatic heterocycles. The molecule has 40 heavy (non-hydrogen) atoms. The molecule has 0 atom stereocenters. The predicted molar refractivity (Wildman–Crippen MR) is 158 cm³/mol. The van der Waals surface area contributed by atoms with E-state index in [1.54, 1.807) is 0 Å². The molecule has 224 valence electrons. The van der Waals surface area contributed by atoms with Crippen LogP contribution >= 0.6 is 0 Å². The minimum Gasteiger partial charge on any atom is -0.490 e. The van der Waals surface area contributed by atoms with Gasteiger partial charge in [0.25, 0.3) is 0 Å². The number of benzene rings is 2. The number of ether oxygens (including phenoxy) is 6. The number of methoxy groups -OCH3 is 1. The summed E-state index contributed by atoms with van der Waals surface area (Å²) in [5.41, 5.74) is 2.76. The highest BCUT2D eigenvalue weighted by Gasteiger charge is 2.14. The van der Waals surface area contributed by atoms with E-state index < -0.39 is 0 Å². The highest BCUT2D eigenvalue weighted by molar-refractivity contribution is 5.92. The average Bonchev–Trinajstić information content (AvgIpc) is 2.99. The predicted octanol–water partition coefficient (Wildman–Crippen LogP) is 6.80. The van der Waals surface area contributed by atoms with Crippen molar-refractivity contribution in [1.29, 1.82) is 0 Å². The standard InChI is InChI=1S/C33H50O7/c1-3-4-5-6-7-8-9-11-14-29-17-18-32(31(27-29)33(34)35-2)40-26-25-38-22-21-36-19-20-37-23-24-39-28-30-15-12-10-13-16-30/h10,12-13,15-18,27H,3-9,11,14,19-26,28H2,1-2H3. The van der Waals surface area contributed by atoms with Gasteiger partial charge < -0.3 is 28.4 Å². The summed E-state index contributed by atoms with van der Waals surface area (Å²) in [6, 6.07) is 15.9. The lowest BCUT2D eigenvalue weighted by Gasteiger charge is -2.12. The fourth-order valence-electron chi connectivity index (χ4n) is 4.23. The van der Waals surface area contributed by atoms with Crippen molar-refractivity contribution in [1.82, 2.24) is 0 Å². The van der Waals surface area contributed by atoms with Crippen LogP contribution in [0.1, 0.15) is 79.8 Å². The van der Waals surface area contributed by atoms with E-state index >= 15 is 0 Å². The van der Waals surface area contributed by atoms with Crippen LogP contribution in [0.2, 0.25) is 0 Å². The molecule has 0 N–H and O–H groups in total. The molecule has 7 nitrogen and oxygen atoms in total. The second kappa shape index (κ2) is 23.3. The third-order valence-electron chi connectivity index (χ3n) is 6.48. The van der Waals surface area contributed by atoms with Gasteiger partial charge in [0.15, 0.2) is 0 Å². The molecule has 7 heteroatoms. The number of unbranched alkanes of at least 4 members (excludes halogenated alkanes) is 7. The maximum absolute atomic E-state index is 12.3.